The third kappa shape index (κ3) is 2.05. The van der Waals surface area contributed by atoms with E-state index in [9.17, 15) is 0 Å². The van der Waals surface area contributed by atoms with Crippen LogP contribution in [-0.4, -0.2) is 13.2 Å². The Hall–Kier alpha value is -1.28. The molecule has 4 atom stereocenters. The van der Waals surface area contributed by atoms with Gasteiger partial charge in [0.2, 0.25) is 0 Å². The van der Waals surface area contributed by atoms with E-state index in [-0.39, 0.29) is 0 Å². The molecule has 0 amide bonds. The Morgan fingerprint density at radius 1 is 1.39 bits per heavy atom. The van der Waals surface area contributed by atoms with Gasteiger partial charge in [-0.05, 0) is 49.3 Å². The van der Waals surface area contributed by atoms with E-state index in [0.29, 0.717) is 12.1 Å². The Kier molecular flexibility index (Phi) is 3.13. The van der Waals surface area contributed by atoms with Gasteiger partial charge in [-0.2, -0.15) is 0 Å². The van der Waals surface area contributed by atoms with Gasteiger partial charge in [0.1, 0.15) is 5.75 Å². The molecule has 0 aromatic heterocycles. The minimum Gasteiger partial charge on any atom is -0.497 e. The number of allylic oxidation sites excluding steroid dienone is 1. The number of nitrogens with one attached hydrogen (secondary N) is 1. The highest BCUT2D eigenvalue weighted by molar-refractivity contribution is 5.30. The van der Waals surface area contributed by atoms with Gasteiger partial charge >= 0.3 is 0 Å². The van der Waals surface area contributed by atoms with Crippen molar-refractivity contribution >= 4 is 0 Å². The summed E-state index contributed by atoms with van der Waals surface area (Å²) in [6.07, 6.45) is 7.35. The molecule has 96 valence electrons. The highest BCUT2D eigenvalue weighted by Gasteiger charge is 2.41. The second kappa shape index (κ2) is 4.77. The Balaban J connectivity index is 1.64. The summed E-state index contributed by atoms with van der Waals surface area (Å²) in [5.41, 5.74) is 1.31. The molecule has 1 fully saturated rings. The van der Waals surface area contributed by atoms with E-state index < -0.39 is 0 Å². The summed E-state index contributed by atoms with van der Waals surface area (Å²) >= 11 is 0. The molecule has 2 aliphatic rings. The number of rotatable bonds is 4. The third-order valence-corrected chi connectivity index (χ3v) is 4.42. The van der Waals surface area contributed by atoms with E-state index in [1.165, 1.54) is 18.4 Å². The molecule has 2 aliphatic carbocycles. The second-order valence-electron chi connectivity index (χ2n) is 5.51. The molecule has 1 aromatic rings. The van der Waals surface area contributed by atoms with Crippen LogP contribution >= 0.6 is 0 Å². The summed E-state index contributed by atoms with van der Waals surface area (Å²) in [6.45, 7) is 2.24. The Morgan fingerprint density at radius 3 is 3.06 bits per heavy atom. The van der Waals surface area contributed by atoms with Crippen molar-refractivity contribution < 1.29 is 4.74 Å². The highest BCUT2D eigenvalue weighted by Crippen LogP contribution is 2.43. The van der Waals surface area contributed by atoms with E-state index in [1.54, 1.807) is 7.11 Å². The second-order valence-corrected chi connectivity index (χ2v) is 5.51. The molecule has 2 nitrogen and oxygen atoms in total. The van der Waals surface area contributed by atoms with E-state index >= 15 is 0 Å². The van der Waals surface area contributed by atoms with Crippen molar-refractivity contribution in [3.63, 3.8) is 0 Å². The van der Waals surface area contributed by atoms with Gasteiger partial charge in [0.05, 0.1) is 7.11 Å². The number of ether oxygens (including phenoxy) is 1. The Morgan fingerprint density at radius 2 is 2.28 bits per heavy atom. The lowest BCUT2D eigenvalue weighted by molar-refractivity contribution is 0.152. The normalized spacial score (nSPS) is 30.7. The van der Waals surface area contributed by atoms with Crippen molar-refractivity contribution in [2.24, 2.45) is 11.8 Å². The zero-order valence-electron chi connectivity index (χ0n) is 11.1. The van der Waals surface area contributed by atoms with Gasteiger partial charge in [-0.1, -0.05) is 24.3 Å². The molecular formula is C16H21NO. The molecule has 0 spiro atoms. The van der Waals surface area contributed by atoms with Gasteiger partial charge in [-0.3, -0.25) is 0 Å². The average Bonchev–Trinajstić information content (AvgIpc) is 2.77. The van der Waals surface area contributed by atoms with E-state index in [0.717, 1.165) is 17.6 Å². The van der Waals surface area contributed by atoms with Crippen LogP contribution in [0, 0.1) is 11.8 Å². The molecule has 1 N–H and O–H groups in total. The molecular weight excluding hydrogens is 222 g/mol. The van der Waals surface area contributed by atoms with E-state index in [1.807, 2.05) is 6.07 Å². The van der Waals surface area contributed by atoms with Gasteiger partial charge in [0, 0.05) is 12.1 Å². The molecule has 2 heteroatoms. The zero-order chi connectivity index (χ0) is 12.5. The van der Waals surface area contributed by atoms with Crippen LogP contribution in [0.4, 0.5) is 0 Å². The molecule has 3 unspecified atom stereocenters. The van der Waals surface area contributed by atoms with Gasteiger partial charge in [0.25, 0.3) is 0 Å². The number of methoxy groups -OCH3 is 1. The monoisotopic (exact) mass is 243 g/mol. The summed E-state index contributed by atoms with van der Waals surface area (Å²) in [7, 11) is 1.72. The maximum Gasteiger partial charge on any atom is 0.119 e. The van der Waals surface area contributed by atoms with Crippen molar-refractivity contribution in [1.29, 1.82) is 0 Å². The predicted molar refractivity (Wildman–Crippen MR) is 73.7 cm³/mol. The fraction of sp³-hybridized carbons (Fsp3) is 0.500. The number of hydrogen-bond acceptors (Lipinski definition) is 2. The van der Waals surface area contributed by atoms with Gasteiger partial charge in [-0.25, -0.2) is 0 Å². The third-order valence-electron chi connectivity index (χ3n) is 4.42. The molecule has 0 radical (unpaired) electrons. The van der Waals surface area contributed by atoms with Crippen LogP contribution in [0.25, 0.3) is 0 Å². The zero-order valence-corrected chi connectivity index (χ0v) is 11.1. The summed E-state index contributed by atoms with van der Waals surface area (Å²) in [4.78, 5) is 0. The standard InChI is InChI=1S/C16H21NO/c1-11(12-5-3-7-14(9-12)18-2)17-16-10-13-6-4-8-15(13)16/h3-5,7-9,11,13,15-17H,6,10H2,1-2H3/t11-,13?,15?,16?/m1/s1. The molecule has 0 heterocycles. The minimum absolute atomic E-state index is 0.389. The van der Waals surface area contributed by atoms with Gasteiger partial charge in [-0.15, -0.1) is 0 Å². The molecule has 3 rings (SSSR count). The van der Waals surface area contributed by atoms with Crippen molar-refractivity contribution in [3.05, 3.63) is 42.0 Å². The van der Waals surface area contributed by atoms with Crippen molar-refractivity contribution in [1.82, 2.24) is 5.32 Å². The number of benzene rings is 1. The van der Waals surface area contributed by atoms with Crippen LogP contribution in [-0.2, 0) is 0 Å². The first-order valence-electron chi connectivity index (χ1n) is 6.84. The number of hydrogen-bond donors (Lipinski definition) is 1. The molecule has 0 bridgehead atoms. The first-order valence-corrected chi connectivity index (χ1v) is 6.84. The fourth-order valence-corrected chi connectivity index (χ4v) is 3.24. The largest absolute Gasteiger partial charge is 0.497 e. The van der Waals surface area contributed by atoms with Crippen LogP contribution in [0.1, 0.15) is 31.4 Å². The quantitative estimate of drug-likeness (QED) is 0.819. The molecule has 1 saturated carbocycles. The molecule has 1 aromatic carbocycles. The van der Waals surface area contributed by atoms with Crippen molar-refractivity contribution in [2.45, 2.75) is 31.8 Å². The predicted octanol–water partition coefficient (Wildman–Crippen LogP) is 3.31. The summed E-state index contributed by atoms with van der Waals surface area (Å²) in [5.74, 6) is 2.63. The van der Waals surface area contributed by atoms with Crippen LogP contribution in [0.15, 0.2) is 36.4 Å². The maximum absolute atomic E-state index is 5.28. The topological polar surface area (TPSA) is 21.3 Å². The summed E-state index contributed by atoms with van der Waals surface area (Å²) < 4.78 is 5.28. The van der Waals surface area contributed by atoms with Crippen molar-refractivity contribution in [3.8, 4) is 5.75 Å². The lowest BCUT2D eigenvalue weighted by atomic mass is 9.71. The SMILES string of the molecule is COc1cccc([C@@H](C)NC2CC3CC=CC32)c1. The van der Waals surface area contributed by atoms with Crippen LogP contribution in [0.3, 0.4) is 0 Å². The number of fused-ring (bicyclic) bond motifs is 1. The fourth-order valence-electron chi connectivity index (χ4n) is 3.24. The van der Waals surface area contributed by atoms with Crippen LogP contribution in [0.2, 0.25) is 0 Å². The van der Waals surface area contributed by atoms with E-state index in [4.69, 9.17) is 4.74 Å². The summed E-state index contributed by atoms with van der Waals surface area (Å²) in [6, 6.07) is 9.40. The van der Waals surface area contributed by atoms with Crippen molar-refractivity contribution in [2.75, 3.05) is 7.11 Å². The Bertz CT molecular complexity index is 454. The average molecular weight is 243 g/mol. The first-order chi connectivity index (χ1) is 8.78. The van der Waals surface area contributed by atoms with Gasteiger partial charge in [0.15, 0.2) is 0 Å². The Labute approximate surface area is 109 Å². The lowest BCUT2D eigenvalue weighted by Gasteiger charge is -2.42. The minimum atomic E-state index is 0.389. The first kappa shape index (κ1) is 11.8. The van der Waals surface area contributed by atoms with E-state index in [2.05, 4.69) is 42.6 Å². The molecule has 18 heavy (non-hydrogen) atoms. The maximum atomic E-state index is 5.28. The van der Waals surface area contributed by atoms with Gasteiger partial charge < -0.3 is 10.1 Å². The van der Waals surface area contributed by atoms with Crippen LogP contribution in [0.5, 0.6) is 5.75 Å². The smallest absolute Gasteiger partial charge is 0.119 e. The summed E-state index contributed by atoms with van der Waals surface area (Å²) in [5, 5.41) is 3.75. The molecule has 0 saturated heterocycles. The van der Waals surface area contributed by atoms with Crippen LogP contribution < -0.4 is 10.1 Å². The highest BCUT2D eigenvalue weighted by atomic mass is 16.5. The molecule has 0 aliphatic heterocycles. The lowest BCUT2D eigenvalue weighted by Crippen LogP contribution is -2.48.